The summed E-state index contributed by atoms with van der Waals surface area (Å²) in [7, 11) is 0. The van der Waals surface area contributed by atoms with Crippen LogP contribution in [0.15, 0.2) is 30.9 Å². The second kappa shape index (κ2) is 4.90. The Morgan fingerprint density at radius 1 is 1.47 bits per heavy atom. The monoisotopic (exact) mass is 246 g/mol. The maximum Gasteiger partial charge on any atom is 0.417 e. The number of alkyl halides is 3. The Labute approximate surface area is 95.1 Å². The largest absolute Gasteiger partial charge is 0.490 e. The van der Waals surface area contributed by atoms with Crippen LogP contribution in [0.1, 0.15) is 15.9 Å². The van der Waals surface area contributed by atoms with Crippen LogP contribution in [0.4, 0.5) is 13.2 Å². The summed E-state index contributed by atoms with van der Waals surface area (Å²) in [6, 6.07) is 2.59. The molecule has 17 heavy (non-hydrogen) atoms. The van der Waals surface area contributed by atoms with Crippen LogP contribution in [0.3, 0.4) is 0 Å². The zero-order chi connectivity index (χ0) is 13.1. The van der Waals surface area contributed by atoms with Gasteiger partial charge in [-0.3, -0.25) is 0 Å². The number of hydrogen-bond acceptors (Lipinski definition) is 2. The summed E-state index contributed by atoms with van der Waals surface area (Å²) in [6.07, 6.45) is -3.30. The number of carboxylic acid groups (broad SMARTS) is 1. The van der Waals surface area contributed by atoms with E-state index in [-0.39, 0.29) is 12.4 Å². The van der Waals surface area contributed by atoms with Gasteiger partial charge in [-0.05, 0) is 18.2 Å². The van der Waals surface area contributed by atoms with Crippen LogP contribution in [0.2, 0.25) is 0 Å². The van der Waals surface area contributed by atoms with Crippen LogP contribution in [-0.2, 0) is 6.18 Å². The van der Waals surface area contributed by atoms with Gasteiger partial charge in [0.25, 0.3) is 0 Å². The molecule has 0 atom stereocenters. The molecule has 0 spiro atoms. The first-order valence-electron chi connectivity index (χ1n) is 4.54. The second-order valence-electron chi connectivity index (χ2n) is 3.11. The highest BCUT2D eigenvalue weighted by molar-refractivity contribution is 5.90. The highest BCUT2D eigenvalue weighted by Gasteiger charge is 2.35. The lowest BCUT2D eigenvalue weighted by Gasteiger charge is -2.11. The number of benzene rings is 1. The molecule has 6 heteroatoms. The zero-order valence-electron chi connectivity index (χ0n) is 8.62. The van der Waals surface area contributed by atoms with Gasteiger partial charge in [0.05, 0.1) is 11.1 Å². The molecule has 1 aromatic rings. The van der Waals surface area contributed by atoms with Gasteiger partial charge in [0.15, 0.2) is 0 Å². The molecule has 0 heterocycles. The minimum atomic E-state index is -4.70. The van der Waals surface area contributed by atoms with E-state index >= 15 is 0 Å². The van der Waals surface area contributed by atoms with Gasteiger partial charge < -0.3 is 9.84 Å². The third kappa shape index (κ3) is 3.24. The SMILES string of the molecule is C=CCOc1ccc(C(F)(F)F)c(C(=O)O)c1. The molecule has 3 nitrogen and oxygen atoms in total. The van der Waals surface area contributed by atoms with Gasteiger partial charge in [-0.2, -0.15) is 13.2 Å². The number of rotatable bonds is 4. The van der Waals surface area contributed by atoms with Gasteiger partial charge in [-0.25, -0.2) is 4.79 Å². The number of hydrogen-bond donors (Lipinski definition) is 1. The molecule has 0 radical (unpaired) electrons. The average Bonchev–Trinajstić information content (AvgIpc) is 2.24. The smallest absolute Gasteiger partial charge is 0.417 e. The van der Waals surface area contributed by atoms with E-state index in [0.29, 0.717) is 6.07 Å². The van der Waals surface area contributed by atoms with Crippen LogP contribution in [-0.4, -0.2) is 17.7 Å². The lowest BCUT2D eigenvalue weighted by Crippen LogP contribution is -2.13. The normalized spacial score (nSPS) is 11.0. The fourth-order valence-electron chi connectivity index (χ4n) is 1.19. The Morgan fingerprint density at radius 2 is 2.12 bits per heavy atom. The maximum absolute atomic E-state index is 12.5. The van der Waals surface area contributed by atoms with Crippen LogP contribution >= 0.6 is 0 Å². The van der Waals surface area contributed by atoms with Gasteiger partial charge in [-0.15, -0.1) is 0 Å². The Hall–Kier alpha value is -1.98. The molecule has 0 fully saturated rings. The zero-order valence-corrected chi connectivity index (χ0v) is 8.62. The van der Waals surface area contributed by atoms with Gasteiger partial charge >= 0.3 is 12.1 Å². The molecular formula is C11H9F3O3. The van der Waals surface area contributed by atoms with Crippen molar-refractivity contribution in [3.63, 3.8) is 0 Å². The van der Waals surface area contributed by atoms with E-state index in [1.165, 1.54) is 6.08 Å². The summed E-state index contributed by atoms with van der Waals surface area (Å²) in [4.78, 5) is 10.7. The lowest BCUT2D eigenvalue weighted by atomic mass is 10.1. The third-order valence-electron chi connectivity index (χ3n) is 1.89. The number of carboxylic acids is 1. The molecule has 0 saturated carbocycles. The predicted octanol–water partition coefficient (Wildman–Crippen LogP) is 2.97. The fraction of sp³-hybridized carbons (Fsp3) is 0.182. The van der Waals surface area contributed by atoms with Gasteiger partial charge in [0.2, 0.25) is 0 Å². The molecule has 92 valence electrons. The molecule has 1 aromatic carbocycles. The van der Waals surface area contributed by atoms with E-state index in [1.807, 2.05) is 0 Å². The van der Waals surface area contributed by atoms with E-state index in [1.54, 1.807) is 0 Å². The molecule has 0 aromatic heterocycles. The number of halogens is 3. The highest BCUT2D eigenvalue weighted by Crippen LogP contribution is 2.33. The minimum absolute atomic E-state index is 0.0512. The molecule has 0 aliphatic carbocycles. The summed E-state index contributed by atoms with van der Waals surface area (Å²) in [5.74, 6) is -1.60. The van der Waals surface area contributed by atoms with Crippen molar-refractivity contribution >= 4 is 5.97 Å². The molecule has 0 amide bonds. The molecule has 0 bridgehead atoms. The summed E-state index contributed by atoms with van der Waals surface area (Å²) in [5, 5.41) is 8.70. The molecule has 0 aliphatic rings. The van der Waals surface area contributed by atoms with Crippen molar-refractivity contribution in [1.82, 2.24) is 0 Å². The standard InChI is InChI=1S/C11H9F3O3/c1-2-5-17-7-3-4-9(11(12,13)14)8(6-7)10(15)16/h2-4,6H,1,5H2,(H,15,16). The van der Waals surface area contributed by atoms with Crippen molar-refractivity contribution in [3.05, 3.63) is 42.0 Å². The summed E-state index contributed by atoms with van der Waals surface area (Å²) < 4.78 is 42.4. The molecule has 0 unspecified atom stereocenters. The maximum atomic E-state index is 12.5. The van der Waals surface area contributed by atoms with E-state index in [0.717, 1.165) is 12.1 Å². The summed E-state index contributed by atoms with van der Waals surface area (Å²) in [5.41, 5.74) is -2.03. The van der Waals surface area contributed by atoms with Gasteiger partial charge in [0, 0.05) is 0 Å². The van der Waals surface area contributed by atoms with Crippen molar-refractivity contribution in [1.29, 1.82) is 0 Å². The van der Waals surface area contributed by atoms with Crippen LogP contribution in [0.5, 0.6) is 5.75 Å². The van der Waals surface area contributed by atoms with Crippen molar-refractivity contribution in [3.8, 4) is 5.75 Å². The Morgan fingerprint density at radius 3 is 2.59 bits per heavy atom. The number of aromatic carboxylic acids is 1. The Balaban J connectivity index is 3.18. The van der Waals surface area contributed by atoms with Crippen LogP contribution in [0, 0.1) is 0 Å². The molecule has 1 rings (SSSR count). The highest BCUT2D eigenvalue weighted by atomic mass is 19.4. The topological polar surface area (TPSA) is 46.5 Å². The van der Waals surface area contributed by atoms with Crippen molar-refractivity contribution in [2.45, 2.75) is 6.18 Å². The van der Waals surface area contributed by atoms with Crippen molar-refractivity contribution in [2.24, 2.45) is 0 Å². The van der Waals surface area contributed by atoms with Crippen LogP contribution < -0.4 is 4.74 Å². The Kier molecular flexibility index (Phi) is 3.77. The molecule has 0 aliphatic heterocycles. The first-order chi connectivity index (χ1) is 7.86. The number of ether oxygens (including phenoxy) is 1. The minimum Gasteiger partial charge on any atom is -0.490 e. The first-order valence-corrected chi connectivity index (χ1v) is 4.54. The average molecular weight is 246 g/mol. The van der Waals surface area contributed by atoms with Crippen molar-refractivity contribution < 1.29 is 27.8 Å². The first kappa shape index (κ1) is 13.1. The van der Waals surface area contributed by atoms with E-state index in [4.69, 9.17) is 9.84 Å². The van der Waals surface area contributed by atoms with E-state index in [2.05, 4.69) is 6.58 Å². The third-order valence-corrected chi connectivity index (χ3v) is 1.89. The Bertz CT molecular complexity index is 438. The summed E-state index contributed by atoms with van der Waals surface area (Å²) in [6.45, 7) is 3.46. The lowest BCUT2D eigenvalue weighted by molar-refractivity contribution is -0.138. The van der Waals surface area contributed by atoms with Gasteiger partial charge in [0.1, 0.15) is 12.4 Å². The van der Waals surface area contributed by atoms with Gasteiger partial charge in [-0.1, -0.05) is 12.7 Å². The quantitative estimate of drug-likeness (QED) is 0.831. The van der Waals surface area contributed by atoms with E-state index < -0.39 is 23.3 Å². The fourth-order valence-corrected chi connectivity index (χ4v) is 1.19. The predicted molar refractivity (Wildman–Crippen MR) is 54.1 cm³/mol. The van der Waals surface area contributed by atoms with Crippen LogP contribution in [0.25, 0.3) is 0 Å². The van der Waals surface area contributed by atoms with Crippen molar-refractivity contribution in [2.75, 3.05) is 6.61 Å². The van der Waals surface area contributed by atoms with E-state index in [9.17, 15) is 18.0 Å². The number of carbonyl (C=O) groups is 1. The molecular weight excluding hydrogens is 237 g/mol. The summed E-state index contributed by atoms with van der Waals surface area (Å²) >= 11 is 0. The molecule has 0 saturated heterocycles. The molecule has 1 N–H and O–H groups in total. The second-order valence-corrected chi connectivity index (χ2v) is 3.11.